The molecular weight excluding hydrogens is 378 g/mol. The third kappa shape index (κ3) is 3.64. The number of pyridine rings is 1. The van der Waals surface area contributed by atoms with E-state index >= 15 is 0 Å². The molecular formula is C19H13Cl2FN2O2. The second-order valence-electron chi connectivity index (χ2n) is 5.44. The van der Waals surface area contributed by atoms with Crippen LogP contribution in [0.2, 0.25) is 10.0 Å². The first kappa shape index (κ1) is 18.2. The van der Waals surface area contributed by atoms with Gasteiger partial charge in [0.1, 0.15) is 12.0 Å². The van der Waals surface area contributed by atoms with Gasteiger partial charge in [-0.2, -0.15) is 0 Å². The Balaban J connectivity index is 2.08. The molecule has 3 rings (SSSR count). The minimum absolute atomic E-state index is 0.0566. The second kappa shape index (κ2) is 7.72. The standard InChI is InChI=1S/C19H13Cl2FN2O2/c20-13-7-5-8-14(21)17(13)19(26)23-18(12-6-1-2-9-15(12)22)24-11-4-3-10-16(24)25/h1-11,18H,(H,23,26). The summed E-state index contributed by atoms with van der Waals surface area (Å²) in [6.07, 6.45) is 0.401. The van der Waals surface area contributed by atoms with Crippen molar-refractivity contribution in [2.45, 2.75) is 6.17 Å². The number of hydrogen-bond donors (Lipinski definition) is 1. The molecule has 132 valence electrons. The van der Waals surface area contributed by atoms with Gasteiger partial charge in [0.05, 0.1) is 15.6 Å². The quantitative estimate of drug-likeness (QED) is 0.722. The number of benzene rings is 2. The van der Waals surface area contributed by atoms with Gasteiger partial charge in [-0.1, -0.05) is 53.5 Å². The molecule has 0 bridgehead atoms. The highest BCUT2D eigenvalue weighted by Crippen LogP contribution is 2.26. The largest absolute Gasteiger partial charge is 0.327 e. The van der Waals surface area contributed by atoms with E-state index in [0.717, 1.165) is 0 Å². The van der Waals surface area contributed by atoms with E-state index < -0.39 is 23.4 Å². The molecule has 0 aliphatic rings. The summed E-state index contributed by atoms with van der Waals surface area (Å²) in [6, 6.07) is 15.0. The normalized spacial score (nSPS) is 11.8. The molecule has 1 aromatic heterocycles. The number of hydrogen-bond acceptors (Lipinski definition) is 2. The maximum Gasteiger partial charge on any atom is 0.256 e. The highest BCUT2D eigenvalue weighted by Gasteiger charge is 2.23. The van der Waals surface area contributed by atoms with Crippen LogP contribution in [0.1, 0.15) is 22.1 Å². The molecule has 1 amide bonds. The summed E-state index contributed by atoms with van der Waals surface area (Å²) in [5.74, 6) is -1.18. The number of halogens is 3. The summed E-state index contributed by atoms with van der Waals surface area (Å²) >= 11 is 12.1. The van der Waals surface area contributed by atoms with Crippen LogP contribution >= 0.6 is 23.2 Å². The second-order valence-corrected chi connectivity index (χ2v) is 6.25. The summed E-state index contributed by atoms with van der Waals surface area (Å²) in [5, 5.41) is 2.95. The van der Waals surface area contributed by atoms with E-state index in [9.17, 15) is 14.0 Å². The molecule has 0 radical (unpaired) electrons. The smallest absolute Gasteiger partial charge is 0.256 e. The zero-order valence-corrected chi connectivity index (χ0v) is 14.8. The Morgan fingerprint density at radius 1 is 0.962 bits per heavy atom. The molecule has 4 nitrogen and oxygen atoms in total. The zero-order chi connectivity index (χ0) is 18.7. The maximum absolute atomic E-state index is 14.3. The predicted molar refractivity (Wildman–Crippen MR) is 99.2 cm³/mol. The van der Waals surface area contributed by atoms with Crippen molar-refractivity contribution in [3.8, 4) is 0 Å². The molecule has 0 fully saturated rings. The lowest BCUT2D eigenvalue weighted by molar-refractivity contribution is 0.0929. The SMILES string of the molecule is O=C(NC(c1ccccc1F)n1ccccc1=O)c1c(Cl)cccc1Cl. The molecule has 26 heavy (non-hydrogen) atoms. The third-order valence-electron chi connectivity index (χ3n) is 3.79. The Morgan fingerprint density at radius 2 is 1.62 bits per heavy atom. The fourth-order valence-corrected chi connectivity index (χ4v) is 3.13. The number of nitrogens with one attached hydrogen (secondary N) is 1. The van der Waals surface area contributed by atoms with E-state index in [2.05, 4.69) is 5.32 Å². The Hall–Kier alpha value is -2.63. The lowest BCUT2D eigenvalue weighted by atomic mass is 10.1. The summed E-state index contributed by atoms with van der Waals surface area (Å²) < 4.78 is 15.6. The van der Waals surface area contributed by atoms with Crippen LogP contribution in [0.4, 0.5) is 4.39 Å². The van der Waals surface area contributed by atoms with Crippen molar-refractivity contribution in [1.82, 2.24) is 9.88 Å². The first-order valence-corrected chi connectivity index (χ1v) is 8.41. The van der Waals surface area contributed by atoms with E-state index in [1.54, 1.807) is 24.3 Å². The van der Waals surface area contributed by atoms with Gasteiger partial charge >= 0.3 is 0 Å². The molecule has 1 N–H and O–H groups in total. The van der Waals surface area contributed by atoms with Gasteiger partial charge in [-0.15, -0.1) is 0 Å². The number of amides is 1. The van der Waals surface area contributed by atoms with Crippen LogP contribution in [-0.4, -0.2) is 10.5 Å². The molecule has 0 aliphatic carbocycles. The lowest BCUT2D eigenvalue weighted by Gasteiger charge is -2.22. The summed E-state index contributed by atoms with van der Waals surface area (Å²) in [6.45, 7) is 0. The summed E-state index contributed by atoms with van der Waals surface area (Å²) in [5.41, 5.74) is -0.204. The molecule has 1 atom stereocenters. The van der Waals surface area contributed by atoms with Gasteiger partial charge < -0.3 is 5.32 Å². The zero-order valence-electron chi connectivity index (χ0n) is 13.3. The van der Waals surface area contributed by atoms with Gasteiger partial charge in [-0.25, -0.2) is 4.39 Å². The first-order chi connectivity index (χ1) is 12.5. The topological polar surface area (TPSA) is 51.1 Å². The Labute approximate surface area is 158 Å². The average Bonchev–Trinajstić information content (AvgIpc) is 2.61. The van der Waals surface area contributed by atoms with Crippen molar-refractivity contribution >= 4 is 29.1 Å². The maximum atomic E-state index is 14.3. The van der Waals surface area contributed by atoms with E-state index in [1.165, 1.54) is 47.2 Å². The lowest BCUT2D eigenvalue weighted by Crippen LogP contribution is -2.38. The van der Waals surface area contributed by atoms with Crippen molar-refractivity contribution < 1.29 is 9.18 Å². The highest BCUT2D eigenvalue weighted by atomic mass is 35.5. The van der Waals surface area contributed by atoms with Crippen molar-refractivity contribution in [3.63, 3.8) is 0 Å². The van der Waals surface area contributed by atoms with E-state index in [1.807, 2.05) is 0 Å². The van der Waals surface area contributed by atoms with Crippen LogP contribution in [0.15, 0.2) is 71.7 Å². The van der Waals surface area contributed by atoms with E-state index in [0.29, 0.717) is 0 Å². The fraction of sp³-hybridized carbons (Fsp3) is 0.0526. The number of nitrogens with zero attached hydrogens (tertiary/aromatic N) is 1. The van der Waals surface area contributed by atoms with Crippen molar-refractivity contribution in [1.29, 1.82) is 0 Å². The summed E-state index contributed by atoms with van der Waals surface area (Å²) in [4.78, 5) is 25.0. The van der Waals surface area contributed by atoms with Crippen LogP contribution in [0.25, 0.3) is 0 Å². The van der Waals surface area contributed by atoms with Gasteiger partial charge in [-0.05, 0) is 24.3 Å². The van der Waals surface area contributed by atoms with Crippen molar-refractivity contribution in [3.05, 3.63) is 104 Å². The van der Waals surface area contributed by atoms with Crippen molar-refractivity contribution in [2.24, 2.45) is 0 Å². The highest BCUT2D eigenvalue weighted by molar-refractivity contribution is 6.39. The van der Waals surface area contributed by atoms with Gasteiger partial charge in [-0.3, -0.25) is 14.2 Å². The van der Waals surface area contributed by atoms with Crippen LogP contribution in [0.3, 0.4) is 0 Å². The van der Waals surface area contributed by atoms with E-state index in [4.69, 9.17) is 23.2 Å². The van der Waals surface area contributed by atoms with Gasteiger partial charge in [0.2, 0.25) is 0 Å². The molecule has 0 aliphatic heterocycles. The first-order valence-electron chi connectivity index (χ1n) is 7.65. The summed E-state index contributed by atoms with van der Waals surface area (Å²) in [7, 11) is 0. The molecule has 0 spiro atoms. The van der Waals surface area contributed by atoms with E-state index in [-0.39, 0.29) is 21.2 Å². The molecule has 1 heterocycles. The Morgan fingerprint density at radius 3 is 2.27 bits per heavy atom. The van der Waals surface area contributed by atoms with Gasteiger partial charge in [0.15, 0.2) is 0 Å². The van der Waals surface area contributed by atoms with Gasteiger partial charge in [0, 0.05) is 17.8 Å². The fourth-order valence-electron chi connectivity index (χ4n) is 2.56. The Bertz CT molecular complexity index is 1000. The molecule has 1 unspecified atom stereocenters. The van der Waals surface area contributed by atoms with Crippen LogP contribution < -0.4 is 10.9 Å². The van der Waals surface area contributed by atoms with Crippen LogP contribution in [0, 0.1) is 5.82 Å². The predicted octanol–water partition coefficient (Wildman–Crippen LogP) is 4.27. The molecule has 0 saturated heterocycles. The molecule has 3 aromatic rings. The minimum atomic E-state index is -1.07. The Kier molecular flexibility index (Phi) is 5.40. The molecule has 0 saturated carbocycles. The average molecular weight is 391 g/mol. The van der Waals surface area contributed by atoms with Crippen LogP contribution in [0.5, 0.6) is 0 Å². The third-order valence-corrected chi connectivity index (χ3v) is 4.42. The minimum Gasteiger partial charge on any atom is -0.327 e. The number of carbonyl (C=O) groups is 1. The molecule has 2 aromatic carbocycles. The van der Waals surface area contributed by atoms with Crippen molar-refractivity contribution in [2.75, 3.05) is 0 Å². The molecule has 7 heteroatoms. The number of aromatic nitrogens is 1. The number of carbonyl (C=O) groups excluding carboxylic acids is 1. The van der Waals surface area contributed by atoms with Crippen LogP contribution in [-0.2, 0) is 0 Å². The van der Waals surface area contributed by atoms with Gasteiger partial charge in [0.25, 0.3) is 11.5 Å². The number of rotatable bonds is 4. The monoisotopic (exact) mass is 390 g/mol.